The number of nitrogens with zero attached hydrogens (tertiary/aromatic N) is 2. The van der Waals surface area contributed by atoms with Crippen LogP contribution in [0, 0.1) is 5.92 Å². The van der Waals surface area contributed by atoms with Gasteiger partial charge in [0.15, 0.2) is 11.5 Å². The molecule has 29 heteroatoms. The Labute approximate surface area is 401 Å². The summed E-state index contributed by atoms with van der Waals surface area (Å²) < 4.78 is 41.8. The second-order valence-corrected chi connectivity index (χ2v) is 19.4. The van der Waals surface area contributed by atoms with Crippen LogP contribution in [0.5, 0.6) is 11.5 Å². The lowest BCUT2D eigenvalue weighted by atomic mass is 9.98. The largest absolute Gasteiger partial charge is 0.504 e. The van der Waals surface area contributed by atoms with E-state index in [0.717, 1.165) is 34.9 Å². The molecule has 70 heavy (non-hydrogen) atoms. The van der Waals surface area contributed by atoms with Crippen molar-refractivity contribution in [1.82, 2.24) is 41.7 Å². The third-order valence-electron chi connectivity index (χ3n) is 11.5. The molecular weight excluding hydrogens is 957 g/mol. The summed E-state index contributed by atoms with van der Waals surface area (Å²) in [4.78, 5) is 112. The molecule has 0 aromatic heterocycles. The van der Waals surface area contributed by atoms with E-state index in [1.54, 1.807) is 0 Å². The highest BCUT2D eigenvalue weighted by molar-refractivity contribution is 7.81. The van der Waals surface area contributed by atoms with E-state index in [1.165, 1.54) is 34.7 Å². The van der Waals surface area contributed by atoms with Gasteiger partial charge in [0, 0.05) is 51.9 Å². The third kappa shape index (κ3) is 15.0. The van der Waals surface area contributed by atoms with Crippen LogP contribution in [0.15, 0.2) is 18.2 Å². The maximum atomic E-state index is 14.5. The molecule has 1 aromatic rings. The molecule has 1 aromatic carbocycles. The molecule has 0 bridgehead atoms. The number of ether oxygens (including phenoxy) is 1. The molecule has 4 rings (SSSR count). The number of fused-ring (bicyclic) bond motifs is 2. The SMILES string of the molecule is CNC(=O)C[C@@H](O)[C@@H]1NC(=O)[C@H]([C@H](O)Cc2ccc(O)c(OS(=O)(=O)O)c2)NC(=O)[C@@H]2C[C@@H](O)CN2C(=O)C([C@@H](C)O)NC(=O)[C@@H](NC(=O)OC(C)(C)C)C[C@@H](O)CNC(=O)[C@@H]2[C@@H](O)[C@@H](C)CN2C1=O. The first-order valence-corrected chi connectivity index (χ1v) is 23.3. The lowest BCUT2D eigenvalue weighted by Crippen LogP contribution is -2.64. The Bertz CT molecular complexity index is 2250. The Hall–Kier alpha value is -5.95. The summed E-state index contributed by atoms with van der Waals surface area (Å²) in [6, 6.07) is -8.90. The minimum absolute atomic E-state index is 0.122. The standard InChI is InChI=1S/C41H62N8O20S/c1-17-15-49-32(33(17)57)37(61)43-14-20(51)11-22(44-40(64)68-41(3,4)5)34(58)45-29(18(2)50)38(62)48-16-21(52)12-23(48)35(59)46-30(36(60)47-31(39(49)63)26(55)13-28(56)42-6)25(54)9-19-7-8-24(53)27(10-19)69-70(65,66)67/h7-8,10,17-18,20-23,25-26,29-33,50-55,57H,9,11-16H2,1-6H3,(H,42,56)(H,43,61)(H,44,64)(H,45,58)(H,46,59)(H,47,60)(H,65,66,67)/t17-,18+,20+,21+,22-,23-,25+,26+,29?,30-,31-,32-,33-/m0/s1. The molecule has 14 N–H and O–H groups in total. The van der Waals surface area contributed by atoms with Crippen LogP contribution in [-0.4, -0.2) is 211 Å². The number of aliphatic hydroxyl groups is 6. The molecule has 3 aliphatic heterocycles. The van der Waals surface area contributed by atoms with Gasteiger partial charge in [0.25, 0.3) is 0 Å². The molecule has 13 atom stereocenters. The van der Waals surface area contributed by atoms with Crippen molar-refractivity contribution in [2.75, 3.05) is 26.7 Å². The van der Waals surface area contributed by atoms with Gasteiger partial charge in [-0.05, 0) is 45.4 Å². The molecule has 8 amide bonds. The number of β-amino-alcohol motifs (C(OH)–C–C–N with tert-alkyl or cyclic N) is 1. The quantitative estimate of drug-likeness (QED) is 0.0970. The molecular formula is C41H62N8O20S. The zero-order valence-electron chi connectivity index (χ0n) is 39.0. The fraction of sp³-hybridized carbons (Fsp3) is 0.659. The summed E-state index contributed by atoms with van der Waals surface area (Å²) in [5.41, 5.74) is -1.23. The number of phenolic OH excluding ortho intramolecular Hbond substituents is 1. The number of hydrogen-bond donors (Lipinski definition) is 14. The normalized spacial score (nSPS) is 29.2. The monoisotopic (exact) mass is 1020 g/mol. The highest BCUT2D eigenvalue weighted by Crippen LogP contribution is 2.30. The molecule has 0 aliphatic carbocycles. The third-order valence-corrected chi connectivity index (χ3v) is 11.9. The summed E-state index contributed by atoms with van der Waals surface area (Å²) in [6.07, 6.45) is -14.9. The molecule has 3 fully saturated rings. The molecule has 3 aliphatic rings. The van der Waals surface area contributed by atoms with Gasteiger partial charge in [-0.25, -0.2) is 4.79 Å². The van der Waals surface area contributed by atoms with Gasteiger partial charge in [0.2, 0.25) is 41.4 Å². The van der Waals surface area contributed by atoms with E-state index in [2.05, 4.69) is 36.1 Å². The summed E-state index contributed by atoms with van der Waals surface area (Å²) in [6.45, 7) is 5.33. The number of rotatable bonds is 10. The highest BCUT2D eigenvalue weighted by Gasteiger charge is 2.50. The van der Waals surface area contributed by atoms with Crippen LogP contribution in [0.4, 0.5) is 4.79 Å². The van der Waals surface area contributed by atoms with Crippen LogP contribution < -0.4 is 36.1 Å². The van der Waals surface area contributed by atoms with E-state index in [4.69, 9.17) is 4.74 Å². The van der Waals surface area contributed by atoms with Gasteiger partial charge in [-0.1, -0.05) is 13.0 Å². The zero-order chi connectivity index (χ0) is 52.7. The topological polar surface area (TPSA) is 430 Å². The predicted molar refractivity (Wildman–Crippen MR) is 236 cm³/mol. The summed E-state index contributed by atoms with van der Waals surface area (Å²) >= 11 is 0. The summed E-state index contributed by atoms with van der Waals surface area (Å²) in [5.74, 6) is -10.9. The second kappa shape index (κ2) is 23.3. The first-order chi connectivity index (χ1) is 32.4. The first-order valence-electron chi connectivity index (χ1n) is 22.0. The van der Waals surface area contributed by atoms with Gasteiger partial charge in [0.1, 0.15) is 41.9 Å². The van der Waals surface area contributed by atoms with Crippen molar-refractivity contribution in [1.29, 1.82) is 0 Å². The number of aliphatic hydroxyl groups excluding tert-OH is 6. The van der Waals surface area contributed by atoms with E-state index in [1.807, 2.05) is 0 Å². The second-order valence-electron chi connectivity index (χ2n) is 18.4. The number of carbonyl (C=O) groups is 8. The summed E-state index contributed by atoms with van der Waals surface area (Å²) in [7, 11) is -4.02. The van der Waals surface area contributed by atoms with Gasteiger partial charge < -0.3 is 86.4 Å². The lowest BCUT2D eigenvalue weighted by molar-refractivity contribution is -0.147. The van der Waals surface area contributed by atoms with Crippen molar-refractivity contribution in [3.8, 4) is 11.5 Å². The van der Waals surface area contributed by atoms with E-state index >= 15 is 0 Å². The summed E-state index contributed by atoms with van der Waals surface area (Å²) in [5, 5.41) is 90.8. The van der Waals surface area contributed by atoms with E-state index in [-0.39, 0.29) is 5.56 Å². The maximum absolute atomic E-state index is 14.5. The van der Waals surface area contributed by atoms with E-state index in [0.29, 0.717) is 0 Å². The van der Waals surface area contributed by atoms with Crippen LogP contribution >= 0.6 is 0 Å². The van der Waals surface area contributed by atoms with Gasteiger partial charge in [-0.3, -0.25) is 38.1 Å². The minimum Gasteiger partial charge on any atom is -0.504 e. The fourth-order valence-electron chi connectivity index (χ4n) is 8.00. The Morgan fingerprint density at radius 1 is 0.843 bits per heavy atom. The number of hydrogen-bond acceptors (Lipinski definition) is 19. The van der Waals surface area contributed by atoms with Crippen LogP contribution in [0.1, 0.15) is 59.4 Å². The van der Waals surface area contributed by atoms with Crippen molar-refractivity contribution in [3.05, 3.63) is 23.8 Å². The molecule has 3 heterocycles. The van der Waals surface area contributed by atoms with E-state index < -0.39 is 199 Å². The molecule has 392 valence electrons. The fourth-order valence-corrected chi connectivity index (χ4v) is 8.36. The molecule has 28 nitrogen and oxygen atoms in total. The molecule has 3 saturated heterocycles. The smallest absolute Gasteiger partial charge is 0.446 e. The number of aromatic hydroxyl groups is 1. The Kier molecular flexibility index (Phi) is 18.9. The van der Waals surface area contributed by atoms with Crippen molar-refractivity contribution >= 4 is 57.8 Å². The molecule has 0 spiro atoms. The molecule has 1 unspecified atom stereocenters. The number of alkyl carbamates (subject to hydrolysis) is 1. The van der Waals surface area contributed by atoms with Crippen LogP contribution in [-0.2, 0) is 55.1 Å². The average molecular weight is 1020 g/mol. The predicted octanol–water partition coefficient (Wildman–Crippen LogP) is -6.25. The number of nitrogens with one attached hydrogen (secondary N) is 6. The minimum atomic E-state index is -5.21. The number of benzene rings is 1. The average Bonchev–Trinajstić information content (AvgIpc) is 3.79. The lowest BCUT2D eigenvalue weighted by Gasteiger charge is -2.34. The van der Waals surface area contributed by atoms with Gasteiger partial charge in [-0.15, -0.1) is 0 Å². The van der Waals surface area contributed by atoms with Gasteiger partial charge >= 0.3 is 16.5 Å². The van der Waals surface area contributed by atoms with Crippen LogP contribution in [0.2, 0.25) is 0 Å². The first kappa shape index (κ1) is 56.6. The zero-order valence-corrected chi connectivity index (χ0v) is 39.8. The van der Waals surface area contributed by atoms with Crippen molar-refractivity contribution in [3.63, 3.8) is 0 Å². The highest BCUT2D eigenvalue weighted by atomic mass is 32.3. The van der Waals surface area contributed by atoms with Crippen LogP contribution in [0.25, 0.3) is 0 Å². The van der Waals surface area contributed by atoms with Crippen molar-refractivity contribution in [2.24, 2.45) is 5.92 Å². The van der Waals surface area contributed by atoms with Crippen LogP contribution in [0.3, 0.4) is 0 Å². The van der Waals surface area contributed by atoms with Gasteiger partial charge in [-0.2, -0.15) is 8.42 Å². The Morgan fingerprint density at radius 2 is 1.46 bits per heavy atom. The maximum Gasteiger partial charge on any atom is 0.446 e. The Morgan fingerprint density at radius 3 is 2.06 bits per heavy atom. The van der Waals surface area contributed by atoms with Crippen molar-refractivity contribution < 1.29 is 96.0 Å². The van der Waals surface area contributed by atoms with E-state index in [9.17, 15) is 87.1 Å². The molecule has 0 radical (unpaired) electrons. The molecule has 0 saturated carbocycles. The Balaban J connectivity index is 1.87. The van der Waals surface area contributed by atoms with Crippen molar-refractivity contribution in [2.45, 2.75) is 139 Å². The van der Waals surface area contributed by atoms with Gasteiger partial charge in [0.05, 0.1) is 43.0 Å². The number of carbonyl (C=O) groups excluding carboxylic acids is 8. The number of amides is 8. The number of phenols is 1.